The number of aliphatic hydroxyl groups is 3. The van der Waals surface area contributed by atoms with Gasteiger partial charge in [-0.2, -0.15) is 0 Å². The van der Waals surface area contributed by atoms with Crippen molar-refractivity contribution in [2.75, 3.05) is 19.5 Å². The summed E-state index contributed by atoms with van der Waals surface area (Å²) >= 11 is 0. The molecule has 0 aliphatic heterocycles. The molecule has 3 fully saturated rings. The van der Waals surface area contributed by atoms with Crippen molar-refractivity contribution < 1.29 is 43.5 Å². The monoisotopic (exact) mass is 635 g/mol. The summed E-state index contributed by atoms with van der Waals surface area (Å²) in [5, 5.41) is 33.0. The predicted octanol–water partition coefficient (Wildman–Crippen LogP) is 4.44. The molecule has 2 aromatic rings. The quantitative estimate of drug-likeness (QED) is 0.232. The zero-order chi connectivity index (χ0) is 33.0. The van der Waals surface area contributed by atoms with E-state index in [4.69, 9.17) is 19.9 Å². The summed E-state index contributed by atoms with van der Waals surface area (Å²) in [6, 6.07) is 9.81. The van der Waals surface area contributed by atoms with E-state index in [0.717, 1.165) is 12.0 Å². The van der Waals surface area contributed by atoms with Gasteiger partial charge in [-0.3, -0.25) is 9.59 Å². The smallest absolute Gasteiger partial charge is 0.197 e. The molecule has 2 aromatic carbocycles. The number of rotatable bonds is 9. The average Bonchev–Trinajstić information content (AvgIpc) is 3.30. The second-order valence-corrected chi connectivity index (χ2v) is 13.7. The maximum atomic E-state index is 16.0. The predicted molar refractivity (Wildman–Crippen MR) is 167 cm³/mol. The summed E-state index contributed by atoms with van der Waals surface area (Å²) in [5.41, 5.74) is 6.70. The van der Waals surface area contributed by atoms with E-state index in [9.17, 15) is 24.9 Å². The van der Waals surface area contributed by atoms with E-state index in [1.165, 1.54) is 19.2 Å². The second-order valence-electron chi connectivity index (χ2n) is 13.7. The molecule has 0 heterocycles. The van der Waals surface area contributed by atoms with Gasteiger partial charge in [0.25, 0.3) is 0 Å². The number of methoxy groups -OCH3 is 1. The highest BCUT2D eigenvalue weighted by molar-refractivity contribution is 6.01. The van der Waals surface area contributed by atoms with Gasteiger partial charge >= 0.3 is 0 Å². The number of hydrogen-bond donors (Lipinski definition) is 4. The van der Waals surface area contributed by atoms with Crippen LogP contribution in [0.1, 0.15) is 56.9 Å². The minimum absolute atomic E-state index is 0.00147. The molecular formula is C36H42FNO8. The molecule has 2 unspecified atom stereocenters. The number of ketones is 2. The lowest BCUT2D eigenvalue weighted by Crippen LogP contribution is -2.56. The van der Waals surface area contributed by atoms with Gasteiger partial charge in [-0.25, -0.2) is 4.39 Å². The summed E-state index contributed by atoms with van der Waals surface area (Å²) < 4.78 is 33.2. The number of ether oxygens (including phenoxy) is 3. The van der Waals surface area contributed by atoms with E-state index in [1.54, 1.807) is 36.4 Å². The van der Waals surface area contributed by atoms with Crippen LogP contribution in [0.5, 0.6) is 11.5 Å². The fourth-order valence-corrected chi connectivity index (χ4v) is 9.24. The SMILES string of the molecule is COc1ccc([C@@H](O)O[C@@H]2CC3[C@@H]4CCC5=CC(=O)C=C[C@]5(C)C4[C@@H](O)C[C@]3(C)[C@H]2C(=O)CO)c(F)c1OCc1cccc(N)c1. The minimum atomic E-state index is -1.75. The lowest BCUT2D eigenvalue weighted by molar-refractivity contribution is -0.168. The number of benzene rings is 2. The summed E-state index contributed by atoms with van der Waals surface area (Å²) in [5.74, 6) is -2.53. The Bertz CT molecular complexity index is 1590. The number of nitrogen functional groups attached to an aromatic ring is 1. The van der Waals surface area contributed by atoms with Crippen LogP contribution in [-0.2, 0) is 20.9 Å². The van der Waals surface area contributed by atoms with Crippen molar-refractivity contribution >= 4 is 17.3 Å². The largest absolute Gasteiger partial charge is 0.493 e. The van der Waals surface area contributed by atoms with Gasteiger partial charge in [-0.1, -0.05) is 37.6 Å². The molecule has 4 aliphatic rings. The molecule has 0 amide bonds. The molecule has 5 N–H and O–H groups in total. The van der Waals surface area contributed by atoms with Crippen LogP contribution in [0.2, 0.25) is 0 Å². The average molecular weight is 636 g/mol. The Morgan fingerprint density at radius 2 is 2.00 bits per heavy atom. The van der Waals surface area contributed by atoms with Crippen LogP contribution in [0, 0.1) is 40.3 Å². The number of anilines is 1. The molecular weight excluding hydrogens is 593 g/mol. The van der Waals surface area contributed by atoms with Crippen molar-refractivity contribution in [3.05, 3.63) is 77.1 Å². The highest BCUT2D eigenvalue weighted by Gasteiger charge is 2.65. The van der Waals surface area contributed by atoms with Crippen molar-refractivity contribution in [1.82, 2.24) is 0 Å². The topological polar surface area (TPSA) is 149 Å². The third-order valence-electron chi connectivity index (χ3n) is 11.2. The first kappa shape index (κ1) is 32.4. The van der Waals surface area contributed by atoms with Gasteiger partial charge in [0.1, 0.15) is 13.2 Å². The van der Waals surface area contributed by atoms with E-state index in [2.05, 4.69) is 6.92 Å². The fourth-order valence-electron chi connectivity index (χ4n) is 9.24. The highest BCUT2D eigenvalue weighted by Crippen LogP contribution is 2.66. The number of carbonyl (C=O) groups is 2. The van der Waals surface area contributed by atoms with Gasteiger partial charge in [-0.15, -0.1) is 0 Å². The lowest BCUT2D eigenvalue weighted by atomic mass is 9.46. The van der Waals surface area contributed by atoms with E-state index < -0.39 is 53.5 Å². The van der Waals surface area contributed by atoms with Gasteiger partial charge in [0.2, 0.25) is 0 Å². The molecule has 9 nitrogen and oxygen atoms in total. The molecule has 0 bridgehead atoms. The molecule has 0 saturated heterocycles. The Hall–Kier alpha value is -3.57. The lowest BCUT2D eigenvalue weighted by Gasteiger charge is -2.58. The number of carbonyl (C=O) groups excluding carboxylic acids is 2. The third kappa shape index (κ3) is 5.35. The highest BCUT2D eigenvalue weighted by atomic mass is 19.1. The first-order valence-corrected chi connectivity index (χ1v) is 15.8. The maximum Gasteiger partial charge on any atom is 0.197 e. The van der Waals surface area contributed by atoms with Crippen molar-refractivity contribution in [3.8, 4) is 11.5 Å². The summed E-state index contributed by atoms with van der Waals surface area (Å²) in [7, 11) is 1.38. The molecule has 3 saturated carbocycles. The van der Waals surface area contributed by atoms with Crippen LogP contribution in [0.4, 0.5) is 10.1 Å². The van der Waals surface area contributed by atoms with Crippen molar-refractivity contribution in [1.29, 1.82) is 0 Å². The summed E-state index contributed by atoms with van der Waals surface area (Å²) in [6.07, 6.45) is 3.87. The minimum Gasteiger partial charge on any atom is -0.493 e. The van der Waals surface area contributed by atoms with Crippen LogP contribution in [0.3, 0.4) is 0 Å². The Morgan fingerprint density at radius 1 is 1.22 bits per heavy atom. The third-order valence-corrected chi connectivity index (χ3v) is 11.2. The maximum absolute atomic E-state index is 16.0. The molecule has 0 radical (unpaired) electrons. The molecule has 6 rings (SSSR count). The van der Waals surface area contributed by atoms with Crippen molar-refractivity contribution in [2.24, 2.45) is 34.5 Å². The van der Waals surface area contributed by atoms with Crippen LogP contribution < -0.4 is 15.2 Å². The van der Waals surface area contributed by atoms with Crippen LogP contribution in [0.25, 0.3) is 0 Å². The van der Waals surface area contributed by atoms with Crippen LogP contribution >= 0.6 is 0 Å². The molecule has 9 atom stereocenters. The van der Waals surface area contributed by atoms with Gasteiger partial charge in [0, 0.05) is 22.6 Å². The van der Waals surface area contributed by atoms with Gasteiger partial charge in [-0.05, 0) is 84.9 Å². The second kappa shape index (κ2) is 12.2. The molecule has 246 valence electrons. The van der Waals surface area contributed by atoms with Crippen molar-refractivity contribution in [2.45, 2.75) is 64.6 Å². The van der Waals surface area contributed by atoms with Gasteiger partial charge < -0.3 is 35.3 Å². The van der Waals surface area contributed by atoms with E-state index in [-0.39, 0.29) is 53.6 Å². The number of Topliss-reactive ketones (excluding diaryl/α,β-unsaturated/α-hetero) is 1. The molecule has 0 spiro atoms. The Morgan fingerprint density at radius 3 is 2.72 bits per heavy atom. The zero-order valence-electron chi connectivity index (χ0n) is 26.3. The Balaban J connectivity index is 1.28. The van der Waals surface area contributed by atoms with Crippen molar-refractivity contribution in [3.63, 3.8) is 0 Å². The van der Waals surface area contributed by atoms with Crippen LogP contribution in [0.15, 0.2) is 60.2 Å². The molecule has 46 heavy (non-hydrogen) atoms. The van der Waals surface area contributed by atoms with E-state index in [1.807, 2.05) is 13.0 Å². The number of fused-ring (bicyclic) bond motifs is 5. The number of halogens is 1. The number of aliphatic hydroxyl groups excluding tert-OH is 3. The Kier molecular flexibility index (Phi) is 8.60. The summed E-state index contributed by atoms with van der Waals surface area (Å²) in [4.78, 5) is 25.5. The summed E-state index contributed by atoms with van der Waals surface area (Å²) in [6.45, 7) is 3.29. The fraction of sp³-hybridized carbons (Fsp3) is 0.500. The van der Waals surface area contributed by atoms with Crippen LogP contribution in [-0.4, -0.2) is 52.8 Å². The van der Waals surface area contributed by atoms with E-state index >= 15 is 4.39 Å². The zero-order valence-corrected chi connectivity index (χ0v) is 26.3. The Labute approximate surface area is 267 Å². The number of allylic oxidation sites excluding steroid dienone is 4. The standard InChI is InChI=1S/C36H42FNO8/c1-35-12-11-22(40)14-20(35)7-8-23-25-15-29(31(27(42)17-39)36(25,2)16-26(41)30(23)35)46-34(43)24-9-10-28(44-3)33(32(24)37)45-18-19-5-4-6-21(38)13-19/h4-6,9-14,23,25-26,29-31,34,39,41,43H,7-8,15-18,38H2,1-3H3/t23-,25?,26-,29+,30?,31-,34-,35-,36-/m0/s1. The molecule has 10 heteroatoms. The first-order valence-electron chi connectivity index (χ1n) is 15.8. The van der Waals surface area contributed by atoms with E-state index in [0.29, 0.717) is 24.1 Å². The molecule has 4 aliphatic carbocycles. The van der Waals surface area contributed by atoms with Gasteiger partial charge in [0.05, 0.1) is 25.2 Å². The number of hydrogen-bond acceptors (Lipinski definition) is 9. The normalized spacial score (nSPS) is 33.8. The molecule has 0 aromatic heterocycles. The van der Waals surface area contributed by atoms with Gasteiger partial charge in [0.15, 0.2) is 35.2 Å². The number of nitrogens with two attached hydrogens (primary N) is 1. The first-order chi connectivity index (χ1) is 21.9.